The summed E-state index contributed by atoms with van der Waals surface area (Å²) in [5.41, 5.74) is 8.12. The Morgan fingerprint density at radius 2 is 0.917 bits per heavy atom. The molecule has 0 saturated carbocycles. The molecule has 12 aromatic rings. The van der Waals surface area contributed by atoms with Crippen molar-refractivity contribution < 1.29 is 0 Å². The van der Waals surface area contributed by atoms with Gasteiger partial charge < -0.3 is 14.5 Å². The predicted octanol–water partition coefficient (Wildman–Crippen LogP) is 13.3. The summed E-state index contributed by atoms with van der Waals surface area (Å²) in [4.78, 5) is 5.42. The minimum atomic E-state index is -0.347. The lowest BCUT2D eigenvalue weighted by Crippen LogP contribution is -2.47. The summed E-state index contributed by atoms with van der Waals surface area (Å²) in [5, 5.41) is 22.8. The Hall–Kier alpha value is -7.73. The molecule has 0 bridgehead atoms. The fourth-order valence-corrected chi connectivity index (χ4v) is 10.3. The first-order valence-electron chi connectivity index (χ1n) is 20.7. The van der Waals surface area contributed by atoms with Crippen LogP contribution in [0.3, 0.4) is 0 Å². The molecule has 282 valence electrons. The highest BCUT2D eigenvalue weighted by Crippen LogP contribution is 2.50. The van der Waals surface area contributed by atoms with Gasteiger partial charge in [-0.15, -0.1) is 0 Å². The van der Waals surface area contributed by atoms with E-state index < -0.39 is 0 Å². The number of para-hydroxylation sites is 3. The lowest BCUT2D eigenvalue weighted by molar-refractivity contribution is 0.330. The minimum absolute atomic E-state index is 0.293. The van der Waals surface area contributed by atoms with E-state index in [1.165, 1.54) is 81.2 Å². The summed E-state index contributed by atoms with van der Waals surface area (Å²) >= 11 is 0. The van der Waals surface area contributed by atoms with Gasteiger partial charge in [-0.25, -0.2) is 4.99 Å². The zero-order valence-electron chi connectivity index (χ0n) is 32.5. The summed E-state index contributed by atoms with van der Waals surface area (Å²) in [6, 6.07) is 72.5. The third kappa shape index (κ3) is 4.69. The number of rotatable bonds is 4. The van der Waals surface area contributed by atoms with Crippen LogP contribution < -0.4 is 10.6 Å². The molecule has 60 heavy (non-hydrogen) atoms. The van der Waals surface area contributed by atoms with Gasteiger partial charge in [-0.1, -0.05) is 176 Å². The molecule has 0 fully saturated rings. The van der Waals surface area contributed by atoms with E-state index in [9.17, 15) is 0 Å². The highest BCUT2D eigenvalue weighted by atomic mass is 15.4. The average Bonchev–Trinajstić information content (AvgIpc) is 3.86. The van der Waals surface area contributed by atoms with E-state index >= 15 is 0 Å². The van der Waals surface area contributed by atoms with Crippen molar-refractivity contribution in [2.24, 2.45) is 4.99 Å². The number of aromatic nitrogens is 2. The Balaban J connectivity index is 1.19. The van der Waals surface area contributed by atoms with E-state index in [1.54, 1.807) is 0 Å². The molecule has 2 atom stereocenters. The molecule has 0 aliphatic carbocycles. The quantitative estimate of drug-likeness (QED) is 0.175. The Morgan fingerprint density at radius 3 is 1.63 bits per heavy atom. The van der Waals surface area contributed by atoms with Gasteiger partial charge in [0.15, 0.2) is 6.29 Å². The van der Waals surface area contributed by atoms with E-state index in [0.717, 1.165) is 28.2 Å². The lowest BCUT2D eigenvalue weighted by Gasteiger charge is -2.34. The van der Waals surface area contributed by atoms with Crippen molar-refractivity contribution in [3.05, 3.63) is 211 Å². The molecule has 1 aliphatic rings. The Kier molecular flexibility index (Phi) is 7.14. The van der Waals surface area contributed by atoms with Crippen LogP contribution in [-0.4, -0.2) is 15.0 Å². The largest absolute Gasteiger partial charge is 0.337 e. The van der Waals surface area contributed by atoms with Gasteiger partial charge in [0, 0.05) is 54.3 Å². The molecule has 0 amide bonds. The van der Waals surface area contributed by atoms with Crippen LogP contribution in [0.5, 0.6) is 0 Å². The van der Waals surface area contributed by atoms with Gasteiger partial charge in [-0.05, 0) is 51.4 Å². The number of nitrogens with one attached hydrogen (secondary N) is 2. The summed E-state index contributed by atoms with van der Waals surface area (Å²) in [5.74, 6) is 0.862. The van der Waals surface area contributed by atoms with E-state index in [0.29, 0.717) is 0 Å². The number of hydrogen-bond acceptors (Lipinski definition) is 3. The van der Waals surface area contributed by atoms with E-state index in [-0.39, 0.29) is 12.5 Å². The molecule has 2 aromatic heterocycles. The highest BCUT2D eigenvalue weighted by molar-refractivity contribution is 6.45. The monoisotopic (exact) mass is 767 g/mol. The molecule has 3 heterocycles. The zero-order chi connectivity index (χ0) is 39.3. The van der Waals surface area contributed by atoms with Crippen LogP contribution in [0.2, 0.25) is 0 Å². The molecule has 0 spiro atoms. The first-order valence-corrected chi connectivity index (χ1v) is 20.7. The first kappa shape index (κ1) is 33.3. The normalized spacial score (nSPS) is 15.8. The topological polar surface area (TPSA) is 46.3 Å². The smallest absolute Gasteiger partial charge is 0.162 e. The number of aliphatic imine (C=N–C) groups is 1. The van der Waals surface area contributed by atoms with Crippen molar-refractivity contribution in [3.8, 4) is 5.69 Å². The van der Waals surface area contributed by atoms with Gasteiger partial charge in [0.1, 0.15) is 12.0 Å². The van der Waals surface area contributed by atoms with E-state index in [2.05, 4.69) is 220 Å². The van der Waals surface area contributed by atoms with Gasteiger partial charge >= 0.3 is 0 Å². The third-order valence-corrected chi connectivity index (χ3v) is 12.7. The van der Waals surface area contributed by atoms with Crippen LogP contribution in [0.25, 0.3) is 92.4 Å². The second kappa shape index (κ2) is 12.9. The van der Waals surface area contributed by atoms with Crippen LogP contribution >= 0.6 is 0 Å². The van der Waals surface area contributed by atoms with Gasteiger partial charge in [0.2, 0.25) is 0 Å². The summed E-state index contributed by atoms with van der Waals surface area (Å²) in [6.07, 6.45) is -0.640. The lowest BCUT2D eigenvalue weighted by atomic mass is 9.89. The SMILES string of the molecule is c1ccc(C2N=C(c3cccc4ccccc34)NC(n3c4ccccc4c4c5c6ccccc6c6c(c7ccccc7n6-c6ccccc6)c5c5ccccc5c43)N2)cc1. The van der Waals surface area contributed by atoms with Crippen molar-refractivity contribution in [2.75, 3.05) is 0 Å². The minimum Gasteiger partial charge on any atom is -0.337 e. The van der Waals surface area contributed by atoms with Crippen LogP contribution in [0.15, 0.2) is 205 Å². The molecule has 5 nitrogen and oxygen atoms in total. The van der Waals surface area contributed by atoms with Crippen molar-refractivity contribution >= 4 is 92.5 Å². The van der Waals surface area contributed by atoms with Crippen LogP contribution in [0.4, 0.5) is 0 Å². The van der Waals surface area contributed by atoms with Gasteiger partial charge in [0.05, 0.1) is 22.1 Å². The van der Waals surface area contributed by atoms with Crippen LogP contribution in [0, 0.1) is 0 Å². The maximum absolute atomic E-state index is 5.42. The van der Waals surface area contributed by atoms with Gasteiger partial charge in [0.25, 0.3) is 0 Å². The predicted molar refractivity (Wildman–Crippen MR) is 251 cm³/mol. The van der Waals surface area contributed by atoms with Crippen molar-refractivity contribution in [1.29, 1.82) is 0 Å². The van der Waals surface area contributed by atoms with E-state index in [1.807, 2.05) is 0 Å². The fraction of sp³-hybridized carbons (Fsp3) is 0.0364. The first-order chi connectivity index (χ1) is 29.8. The summed E-state index contributed by atoms with van der Waals surface area (Å²) in [7, 11) is 0. The second-order valence-corrected chi connectivity index (χ2v) is 15.9. The molecular formula is C55H37N5. The zero-order valence-corrected chi connectivity index (χ0v) is 32.5. The molecule has 1 aliphatic heterocycles. The van der Waals surface area contributed by atoms with Crippen LogP contribution in [0.1, 0.15) is 23.6 Å². The second-order valence-electron chi connectivity index (χ2n) is 15.9. The highest BCUT2D eigenvalue weighted by Gasteiger charge is 2.31. The van der Waals surface area contributed by atoms with Gasteiger partial charge in [-0.3, -0.25) is 5.32 Å². The van der Waals surface area contributed by atoms with Crippen molar-refractivity contribution in [2.45, 2.75) is 12.5 Å². The van der Waals surface area contributed by atoms with Gasteiger partial charge in [-0.2, -0.15) is 0 Å². The van der Waals surface area contributed by atoms with Crippen molar-refractivity contribution in [3.63, 3.8) is 0 Å². The molecular weight excluding hydrogens is 731 g/mol. The number of nitrogens with zero attached hydrogens (tertiary/aromatic N) is 3. The van der Waals surface area contributed by atoms with Crippen molar-refractivity contribution in [1.82, 2.24) is 19.8 Å². The molecule has 13 rings (SSSR count). The van der Waals surface area contributed by atoms with Crippen LogP contribution in [-0.2, 0) is 0 Å². The van der Waals surface area contributed by atoms with E-state index in [4.69, 9.17) is 4.99 Å². The Bertz CT molecular complexity index is 3720. The Morgan fingerprint density at radius 1 is 0.400 bits per heavy atom. The molecule has 2 N–H and O–H groups in total. The number of hydrogen-bond donors (Lipinski definition) is 2. The Labute approximate surface area is 345 Å². The maximum atomic E-state index is 5.42. The molecule has 0 saturated heterocycles. The molecule has 2 unspecified atom stereocenters. The average molecular weight is 768 g/mol. The summed E-state index contributed by atoms with van der Waals surface area (Å²) in [6.45, 7) is 0. The fourth-order valence-electron chi connectivity index (χ4n) is 10.3. The number of benzene rings is 10. The molecule has 0 radical (unpaired) electrons. The molecule has 5 heteroatoms. The number of fused-ring (bicyclic) bond motifs is 16. The third-order valence-electron chi connectivity index (χ3n) is 12.7. The summed E-state index contributed by atoms with van der Waals surface area (Å²) < 4.78 is 4.98. The standard InChI is InChI=1S/C55H37N5/c1-3-19-35(20-4-1)53-56-54(42-31-17-21-34-18-7-8-24-37(34)42)58-55(57-53)60-46-33-16-14-30-44(46)50-48-38-25-9-11-27-40(38)51-49(47(48)39-26-10-12-28-41(39)52(50)60)43-29-13-15-32-45(43)59(51)36-22-5-2-6-23-36/h1-33,53,55,57H,(H,56,58). The maximum Gasteiger partial charge on any atom is 0.162 e. The number of amidine groups is 1. The molecule has 10 aromatic carbocycles.